The summed E-state index contributed by atoms with van der Waals surface area (Å²) in [7, 11) is 1.47. The lowest BCUT2D eigenvalue weighted by Crippen LogP contribution is -2.47. The molecular formula is C28H29N3O4. The Balaban J connectivity index is 1.33. The molecule has 2 heterocycles. The van der Waals surface area contributed by atoms with Crippen LogP contribution >= 0.6 is 0 Å². The maximum absolute atomic E-state index is 13.4. The van der Waals surface area contributed by atoms with Gasteiger partial charge in [-0.25, -0.2) is 0 Å². The topological polar surface area (TPSA) is 73.3 Å². The molecule has 0 spiro atoms. The third-order valence-electron chi connectivity index (χ3n) is 7.05. The molecule has 1 N–H and O–H groups in total. The third-order valence-corrected chi connectivity index (χ3v) is 7.05. The fourth-order valence-electron chi connectivity index (χ4n) is 5.02. The number of imide groups is 1. The van der Waals surface area contributed by atoms with Crippen LogP contribution < -0.4 is 9.64 Å². The normalized spacial score (nSPS) is 17.0. The first-order valence-electron chi connectivity index (χ1n) is 11.9. The molecule has 3 aromatic carbocycles. The van der Waals surface area contributed by atoms with Gasteiger partial charge in [0.25, 0.3) is 11.8 Å². The largest absolute Gasteiger partial charge is 0.504 e. The van der Waals surface area contributed by atoms with Gasteiger partial charge < -0.3 is 14.7 Å². The molecule has 7 nitrogen and oxygen atoms in total. The summed E-state index contributed by atoms with van der Waals surface area (Å²) in [6.07, 6.45) is 0. The van der Waals surface area contributed by atoms with E-state index in [1.54, 1.807) is 18.2 Å². The Kier molecular flexibility index (Phi) is 6.17. The van der Waals surface area contributed by atoms with Crippen molar-refractivity contribution < 1.29 is 19.4 Å². The van der Waals surface area contributed by atoms with Gasteiger partial charge >= 0.3 is 0 Å². The smallest absolute Gasteiger partial charge is 0.263 e. The van der Waals surface area contributed by atoms with Crippen molar-refractivity contribution in [2.45, 2.75) is 19.5 Å². The molecule has 1 saturated heterocycles. The van der Waals surface area contributed by atoms with Gasteiger partial charge in [0, 0.05) is 32.2 Å². The first kappa shape index (κ1) is 22.9. The van der Waals surface area contributed by atoms with Gasteiger partial charge in [0.05, 0.1) is 30.5 Å². The molecule has 35 heavy (non-hydrogen) atoms. The Morgan fingerprint density at radius 3 is 2.37 bits per heavy atom. The Hall–Kier alpha value is -3.84. The second-order valence-corrected chi connectivity index (χ2v) is 9.01. The molecule has 1 unspecified atom stereocenters. The molecule has 5 rings (SSSR count). The van der Waals surface area contributed by atoms with Crippen molar-refractivity contribution in [3.8, 4) is 11.5 Å². The molecule has 1 atom stereocenters. The van der Waals surface area contributed by atoms with Crippen molar-refractivity contribution in [2.75, 3.05) is 38.2 Å². The highest BCUT2D eigenvalue weighted by atomic mass is 16.5. The van der Waals surface area contributed by atoms with Crippen molar-refractivity contribution in [2.24, 2.45) is 0 Å². The Morgan fingerprint density at radius 2 is 1.66 bits per heavy atom. The summed E-state index contributed by atoms with van der Waals surface area (Å²) in [4.78, 5) is 32.5. The lowest BCUT2D eigenvalue weighted by molar-refractivity contribution is 0.0642. The number of phenolic OH excluding ortho intramolecular Hbond substituents is 1. The highest BCUT2D eigenvalue weighted by Crippen LogP contribution is 2.35. The van der Waals surface area contributed by atoms with Gasteiger partial charge in [0.2, 0.25) is 0 Å². The summed E-state index contributed by atoms with van der Waals surface area (Å²) in [5.41, 5.74) is 3.74. The molecular weight excluding hydrogens is 442 g/mol. The summed E-state index contributed by atoms with van der Waals surface area (Å²) in [6, 6.07) is 21.2. The number of fused-ring (bicyclic) bond motifs is 1. The minimum atomic E-state index is -0.296. The molecule has 2 aliphatic rings. The minimum absolute atomic E-state index is 0.0154. The SMILES string of the molecule is COc1cc(CN2C(=O)c3cccc(N4CCN(C(C)c5ccccc5)CC4)c3C2=O)ccc1O. The summed E-state index contributed by atoms with van der Waals surface area (Å²) in [5, 5.41) is 9.86. The second-order valence-electron chi connectivity index (χ2n) is 9.01. The summed E-state index contributed by atoms with van der Waals surface area (Å²) in [6.45, 7) is 5.65. The van der Waals surface area contributed by atoms with E-state index < -0.39 is 0 Å². The number of nitrogens with zero attached hydrogens (tertiary/aromatic N) is 3. The van der Waals surface area contributed by atoms with Crippen LogP contribution in [0.15, 0.2) is 66.7 Å². The van der Waals surface area contributed by atoms with E-state index in [-0.39, 0.29) is 24.1 Å². The Morgan fingerprint density at radius 1 is 0.914 bits per heavy atom. The molecule has 0 saturated carbocycles. The lowest BCUT2D eigenvalue weighted by atomic mass is 10.0. The number of carbonyl (C=O) groups is 2. The average Bonchev–Trinajstić information content (AvgIpc) is 3.14. The standard InChI is InChI=1S/C28H29N3O4/c1-19(21-7-4-3-5-8-21)29-13-15-30(16-14-29)23-10-6-9-22-26(23)28(34)31(27(22)33)18-20-11-12-24(32)25(17-20)35-2/h3-12,17,19,32H,13-16,18H2,1-2H3. The first-order valence-corrected chi connectivity index (χ1v) is 11.9. The lowest BCUT2D eigenvalue weighted by Gasteiger charge is -2.39. The van der Waals surface area contributed by atoms with Gasteiger partial charge in [-0.15, -0.1) is 0 Å². The maximum atomic E-state index is 13.4. The first-order chi connectivity index (χ1) is 17.0. The monoisotopic (exact) mass is 471 g/mol. The van der Waals surface area contributed by atoms with E-state index in [0.29, 0.717) is 28.5 Å². The summed E-state index contributed by atoms with van der Waals surface area (Å²) in [5.74, 6) is -0.257. The van der Waals surface area contributed by atoms with E-state index in [1.165, 1.54) is 23.6 Å². The number of carbonyl (C=O) groups excluding carboxylic acids is 2. The van der Waals surface area contributed by atoms with Crippen LogP contribution in [0.1, 0.15) is 44.8 Å². The van der Waals surface area contributed by atoms with Crippen molar-refractivity contribution >= 4 is 17.5 Å². The van der Waals surface area contributed by atoms with E-state index in [2.05, 4.69) is 41.0 Å². The van der Waals surface area contributed by atoms with E-state index in [9.17, 15) is 14.7 Å². The van der Waals surface area contributed by atoms with Gasteiger partial charge in [-0.2, -0.15) is 0 Å². The van der Waals surface area contributed by atoms with Crippen molar-refractivity contribution in [1.29, 1.82) is 0 Å². The van der Waals surface area contributed by atoms with Crippen LogP contribution in [0, 0.1) is 0 Å². The molecule has 0 bridgehead atoms. The number of piperazine rings is 1. The number of anilines is 1. The predicted octanol–water partition coefficient (Wildman–Crippen LogP) is 4.08. The average molecular weight is 472 g/mol. The summed E-state index contributed by atoms with van der Waals surface area (Å²) >= 11 is 0. The van der Waals surface area contributed by atoms with E-state index in [4.69, 9.17) is 4.74 Å². The summed E-state index contributed by atoms with van der Waals surface area (Å²) < 4.78 is 5.17. The van der Waals surface area contributed by atoms with Crippen molar-refractivity contribution in [3.05, 3.63) is 89.0 Å². The fourth-order valence-corrected chi connectivity index (χ4v) is 5.02. The van der Waals surface area contributed by atoms with Crippen LogP contribution in [0.4, 0.5) is 5.69 Å². The number of methoxy groups -OCH3 is 1. The number of phenols is 1. The predicted molar refractivity (Wildman–Crippen MR) is 134 cm³/mol. The molecule has 2 amide bonds. The third kappa shape index (κ3) is 4.23. The van der Waals surface area contributed by atoms with E-state index >= 15 is 0 Å². The zero-order valence-electron chi connectivity index (χ0n) is 20.0. The van der Waals surface area contributed by atoms with Crippen LogP contribution in [-0.2, 0) is 6.54 Å². The van der Waals surface area contributed by atoms with Crippen LogP contribution in [0.3, 0.4) is 0 Å². The molecule has 3 aromatic rings. The minimum Gasteiger partial charge on any atom is -0.504 e. The van der Waals surface area contributed by atoms with Gasteiger partial charge in [0.1, 0.15) is 0 Å². The molecule has 0 aliphatic carbocycles. The van der Waals surface area contributed by atoms with E-state index in [1.807, 2.05) is 18.2 Å². The zero-order chi connectivity index (χ0) is 24.5. The Bertz CT molecular complexity index is 1250. The molecule has 180 valence electrons. The molecule has 7 heteroatoms. The van der Waals surface area contributed by atoms with Gasteiger partial charge in [0.15, 0.2) is 11.5 Å². The molecule has 0 aromatic heterocycles. The molecule has 1 fully saturated rings. The van der Waals surface area contributed by atoms with Crippen molar-refractivity contribution in [3.63, 3.8) is 0 Å². The maximum Gasteiger partial charge on any atom is 0.263 e. The number of ether oxygens (including phenoxy) is 1. The second kappa shape index (κ2) is 9.43. The molecule has 0 radical (unpaired) electrons. The highest BCUT2D eigenvalue weighted by molar-refractivity contribution is 6.23. The van der Waals surface area contributed by atoms with Gasteiger partial charge in [-0.05, 0) is 42.3 Å². The van der Waals surface area contributed by atoms with Crippen LogP contribution in [0.25, 0.3) is 0 Å². The van der Waals surface area contributed by atoms with Crippen LogP contribution in [0.5, 0.6) is 11.5 Å². The van der Waals surface area contributed by atoms with Crippen molar-refractivity contribution in [1.82, 2.24) is 9.80 Å². The number of hydrogen-bond donors (Lipinski definition) is 1. The van der Waals surface area contributed by atoms with E-state index in [0.717, 1.165) is 31.9 Å². The Labute approximate surface area is 205 Å². The number of hydrogen-bond acceptors (Lipinski definition) is 6. The number of amides is 2. The molecule has 2 aliphatic heterocycles. The zero-order valence-corrected chi connectivity index (χ0v) is 20.0. The fraction of sp³-hybridized carbons (Fsp3) is 0.286. The number of aromatic hydroxyl groups is 1. The number of rotatable bonds is 6. The number of benzene rings is 3. The van der Waals surface area contributed by atoms with Crippen LogP contribution in [-0.4, -0.2) is 60.0 Å². The van der Waals surface area contributed by atoms with Crippen LogP contribution in [0.2, 0.25) is 0 Å². The van der Waals surface area contributed by atoms with Gasteiger partial charge in [-0.1, -0.05) is 42.5 Å². The highest BCUT2D eigenvalue weighted by Gasteiger charge is 2.39. The van der Waals surface area contributed by atoms with Gasteiger partial charge in [-0.3, -0.25) is 19.4 Å². The quantitative estimate of drug-likeness (QED) is 0.546.